The van der Waals surface area contributed by atoms with E-state index in [1.165, 1.54) is 28.0 Å². The third kappa shape index (κ3) is 5.82. The number of anilines is 1. The van der Waals surface area contributed by atoms with Crippen molar-refractivity contribution in [1.82, 2.24) is 9.88 Å². The maximum atomic E-state index is 12.3. The molecule has 0 radical (unpaired) electrons. The predicted molar refractivity (Wildman–Crippen MR) is 131 cm³/mol. The molecule has 2 heterocycles. The molecule has 1 aliphatic heterocycles. The van der Waals surface area contributed by atoms with Crippen LogP contribution < -0.4 is 14.8 Å². The number of carbonyl (C=O) groups is 1. The van der Waals surface area contributed by atoms with Crippen LogP contribution in [-0.2, 0) is 30.1 Å². The van der Waals surface area contributed by atoms with Crippen molar-refractivity contribution in [2.24, 2.45) is 0 Å². The van der Waals surface area contributed by atoms with E-state index < -0.39 is 0 Å². The molecule has 0 fully saturated rings. The van der Waals surface area contributed by atoms with E-state index in [0.29, 0.717) is 10.9 Å². The van der Waals surface area contributed by atoms with Crippen LogP contribution in [-0.4, -0.2) is 42.3 Å². The summed E-state index contributed by atoms with van der Waals surface area (Å²) < 4.78 is 10.9. The highest BCUT2D eigenvalue weighted by atomic mass is 32.2. The van der Waals surface area contributed by atoms with Gasteiger partial charge in [0.2, 0.25) is 5.91 Å². The summed E-state index contributed by atoms with van der Waals surface area (Å²) in [5.74, 6) is 2.76. The zero-order valence-corrected chi connectivity index (χ0v) is 19.9. The Labute approximate surface area is 197 Å². The molecule has 2 aromatic carbocycles. The van der Waals surface area contributed by atoms with Crippen LogP contribution in [0.3, 0.4) is 0 Å². The second-order valence-corrected chi connectivity index (χ2v) is 9.45. The summed E-state index contributed by atoms with van der Waals surface area (Å²) in [6.07, 6.45) is 0.960. The van der Waals surface area contributed by atoms with Gasteiger partial charge < -0.3 is 14.8 Å². The SMILES string of the molecule is COc1cc2c(cc1OC)CN(Cc1csc(NC(=O)CSCc3ccccc3)n1)CC2. The van der Waals surface area contributed by atoms with Crippen LogP contribution in [0.1, 0.15) is 22.4 Å². The van der Waals surface area contributed by atoms with Crippen LogP contribution in [0.25, 0.3) is 0 Å². The van der Waals surface area contributed by atoms with Gasteiger partial charge in [0.1, 0.15) is 0 Å². The Bertz CT molecular complexity index is 1060. The van der Waals surface area contributed by atoms with E-state index in [4.69, 9.17) is 9.47 Å². The van der Waals surface area contributed by atoms with E-state index in [2.05, 4.69) is 39.5 Å². The second-order valence-electron chi connectivity index (χ2n) is 7.61. The maximum Gasteiger partial charge on any atom is 0.236 e. The normalized spacial score (nSPS) is 13.4. The molecule has 168 valence electrons. The number of rotatable bonds is 9. The van der Waals surface area contributed by atoms with E-state index in [1.54, 1.807) is 26.0 Å². The van der Waals surface area contributed by atoms with Gasteiger partial charge in [-0.3, -0.25) is 9.69 Å². The lowest BCUT2D eigenvalue weighted by molar-refractivity contribution is -0.113. The summed E-state index contributed by atoms with van der Waals surface area (Å²) in [6, 6.07) is 14.3. The number of ether oxygens (including phenoxy) is 2. The predicted octanol–water partition coefficient (Wildman–Crippen LogP) is 4.59. The van der Waals surface area contributed by atoms with E-state index in [0.717, 1.165) is 49.0 Å². The summed E-state index contributed by atoms with van der Waals surface area (Å²) in [7, 11) is 3.33. The number of methoxy groups -OCH3 is 2. The molecule has 3 aromatic rings. The molecule has 1 amide bonds. The fourth-order valence-electron chi connectivity index (χ4n) is 3.73. The van der Waals surface area contributed by atoms with Crippen molar-refractivity contribution in [3.63, 3.8) is 0 Å². The molecule has 4 rings (SSSR count). The number of hydrogen-bond donors (Lipinski definition) is 1. The number of nitrogens with one attached hydrogen (secondary N) is 1. The van der Waals surface area contributed by atoms with Crippen molar-refractivity contribution in [2.45, 2.75) is 25.3 Å². The number of amides is 1. The largest absolute Gasteiger partial charge is 0.493 e. The summed E-state index contributed by atoms with van der Waals surface area (Å²) >= 11 is 3.08. The fourth-order valence-corrected chi connectivity index (χ4v) is 5.24. The molecule has 8 heteroatoms. The van der Waals surface area contributed by atoms with Gasteiger partial charge in [0.15, 0.2) is 16.6 Å². The van der Waals surface area contributed by atoms with Crippen LogP contribution in [0, 0.1) is 0 Å². The summed E-state index contributed by atoms with van der Waals surface area (Å²) in [6.45, 7) is 2.55. The van der Waals surface area contributed by atoms with Gasteiger partial charge in [-0.15, -0.1) is 23.1 Å². The Morgan fingerprint density at radius 3 is 2.66 bits per heavy atom. The molecule has 1 aliphatic rings. The molecule has 0 aliphatic carbocycles. The third-order valence-electron chi connectivity index (χ3n) is 5.33. The van der Waals surface area contributed by atoms with E-state index in [9.17, 15) is 4.79 Å². The Balaban J connectivity index is 1.27. The average molecular weight is 470 g/mol. The average Bonchev–Trinajstić information content (AvgIpc) is 3.25. The Morgan fingerprint density at radius 2 is 1.91 bits per heavy atom. The first-order valence-electron chi connectivity index (χ1n) is 10.5. The van der Waals surface area contributed by atoms with Gasteiger partial charge in [0.05, 0.1) is 25.7 Å². The van der Waals surface area contributed by atoms with Crippen molar-refractivity contribution >= 4 is 34.1 Å². The van der Waals surface area contributed by atoms with Crippen LogP contribution in [0.2, 0.25) is 0 Å². The minimum atomic E-state index is -0.0141. The Hall–Kier alpha value is -2.55. The molecule has 0 atom stereocenters. The monoisotopic (exact) mass is 469 g/mol. The number of benzene rings is 2. The minimum Gasteiger partial charge on any atom is -0.493 e. The third-order valence-corrected chi connectivity index (χ3v) is 7.14. The smallest absolute Gasteiger partial charge is 0.236 e. The van der Waals surface area contributed by atoms with Crippen LogP contribution in [0.15, 0.2) is 47.8 Å². The van der Waals surface area contributed by atoms with Gasteiger partial charge in [0, 0.05) is 30.8 Å². The number of aromatic nitrogens is 1. The van der Waals surface area contributed by atoms with Crippen molar-refractivity contribution in [2.75, 3.05) is 31.8 Å². The van der Waals surface area contributed by atoms with Gasteiger partial charge >= 0.3 is 0 Å². The molecule has 6 nitrogen and oxygen atoms in total. The number of fused-ring (bicyclic) bond motifs is 1. The van der Waals surface area contributed by atoms with Gasteiger partial charge in [-0.25, -0.2) is 4.98 Å². The van der Waals surface area contributed by atoms with Gasteiger partial charge in [-0.05, 0) is 35.2 Å². The van der Waals surface area contributed by atoms with Crippen molar-refractivity contribution in [3.8, 4) is 11.5 Å². The first-order valence-corrected chi connectivity index (χ1v) is 12.5. The maximum absolute atomic E-state index is 12.3. The molecule has 0 saturated carbocycles. The molecule has 1 N–H and O–H groups in total. The molecule has 0 unspecified atom stereocenters. The highest BCUT2D eigenvalue weighted by Gasteiger charge is 2.20. The summed E-state index contributed by atoms with van der Waals surface area (Å²) in [5, 5.41) is 5.61. The molecule has 1 aromatic heterocycles. The number of nitrogens with zero attached hydrogens (tertiary/aromatic N) is 2. The first-order chi connectivity index (χ1) is 15.6. The zero-order valence-electron chi connectivity index (χ0n) is 18.3. The molecule has 0 saturated heterocycles. The van der Waals surface area contributed by atoms with Gasteiger partial charge in [-0.1, -0.05) is 30.3 Å². The van der Waals surface area contributed by atoms with Crippen molar-refractivity contribution in [3.05, 3.63) is 70.2 Å². The standard InChI is InChI=1S/C24H27N3O3S2/c1-29-21-10-18-8-9-27(12-19(18)11-22(21)30-2)13-20-15-32-24(25-20)26-23(28)16-31-14-17-6-4-3-5-7-17/h3-7,10-11,15H,8-9,12-14,16H2,1-2H3,(H,25,26,28). The summed E-state index contributed by atoms with van der Waals surface area (Å²) in [5.41, 5.74) is 4.76. The highest BCUT2D eigenvalue weighted by molar-refractivity contribution is 7.99. The van der Waals surface area contributed by atoms with Crippen LogP contribution in [0.4, 0.5) is 5.13 Å². The van der Waals surface area contributed by atoms with Gasteiger partial charge in [0.25, 0.3) is 0 Å². The quantitative estimate of drug-likeness (QED) is 0.495. The van der Waals surface area contributed by atoms with E-state index in [-0.39, 0.29) is 5.91 Å². The van der Waals surface area contributed by atoms with Crippen LogP contribution in [0.5, 0.6) is 11.5 Å². The minimum absolute atomic E-state index is 0.0141. The molecular formula is C24H27N3O3S2. The first kappa shape index (κ1) is 22.6. The number of carbonyl (C=O) groups excluding carboxylic acids is 1. The molecule has 0 bridgehead atoms. The Kier molecular flexibility index (Phi) is 7.68. The van der Waals surface area contributed by atoms with Gasteiger partial charge in [-0.2, -0.15) is 0 Å². The fraction of sp³-hybridized carbons (Fsp3) is 0.333. The molecule has 0 spiro atoms. The lowest BCUT2D eigenvalue weighted by atomic mass is 9.98. The number of thioether (sulfide) groups is 1. The second kappa shape index (κ2) is 10.8. The van der Waals surface area contributed by atoms with E-state index >= 15 is 0 Å². The Morgan fingerprint density at radius 1 is 1.16 bits per heavy atom. The summed E-state index contributed by atoms with van der Waals surface area (Å²) in [4.78, 5) is 19.2. The topological polar surface area (TPSA) is 63.7 Å². The lowest BCUT2D eigenvalue weighted by Crippen LogP contribution is -2.30. The lowest BCUT2D eigenvalue weighted by Gasteiger charge is -2.29. The van der Waals surface area contributed by atoms with Crippen molar-refractivity contribution < 1.29 is 14.3 Å². The highest BCUT2D eigenvalue weighted by Crippen LogP contribution is 2.33. The molecule has 32 heavy (non-hydrogen) atoms. The molecular weight excluding hydrogens is 442 g/mol. The number of hydrogen-bond acceptors (Lipinski definition) is 7. The van der Waals surface area contributed by atoms with E-state index in [1.807, 2.05) is 23.6 Å². The zero-order chi connectivity index (χ0) is 22.3. The van der Waals surface area contributed by atoms with Crippen LogP contribution >= 0.6 is 23.1 Å². The number of thiazole rings is 1. The van der Waals surface area contributed by atoms with Crippen molar-refractivity contribution in [1.29, 1.82) is 0 Å².